The van der Waals surface area contributed by atoms with Crippen LogP contribution in [-0.4, -0.2) is 4.98 Å². The minimum absolute atomic E-state index is 0.779. The van der Waals surface area contributed by atoms with Gasteiger partial charge in [0, 0.05) is 10.9 Å². The summed E-state index contributed by atoms with van der Waals surface area (Å²) in [6, 6.07) is 16.0. The molecule has 3 aromatic rings. The second-order valence-electron chi connectivity index (χ2n) is 7.80. The summed E-state index contributed by atoms with van der Waals surface area (Å²) in [4.78, 5) is 5.02. The van der Waals surface area contributed by atoms with Crippen LogP contribution in [0.1, 0.15) is 59.8 Å². The number of aryl methyl sites for hydroxylation is 2. The summed E-state index contributed by atoms with van der Waals surface area (Å²) in [5.41, 5.74) is 9.30. The number of pyridine rings is 1. The molecule has 1 heterocycles. The highest BCUT2D eigenvalue weighted by molar-refractivity contribution is 5.84. The highest BCUT2D eigenvalue weighted by Gasteiger charge is 2.32. The fourth-order valence-corrected chi connectivity index (χ4v) is 4.91. The molecule has 0 amide bonds. The van der Waals surface area contributed by atoms with Crippen LogP contribution in [0.5, 0.6) is 0 Å². The van der Waals surface area contributed by atoms with Crippen LogP contribution in [0.3, 0.4) is 0 Å². The molecule has 2 bridgehead atoms. The zero-order valence-corrected chi connectivity index (χ0v) is 14.5. The van der Waals surface area contributed by atoms with Gasteiger partial charge >= 0.3 is 0 Å². The molecule has 1 saturated carbocycles. The first-order valence-corrected chi connectivity index (χ1v) is 9.20. The Morgan fingerprint density at radius 3 is 2.04 bits per heavy atom. The summed E-state index contributed by atoms with van der Waals surface area (Å²) in [5.74, 6) is 1.58. The molecule has 3 aliphatic rings. The Bertz CT molecular complexity index is 925. The zero-order chi connectivity index (χ0) is 16.3. The minimum Gasteiger partial charge on any atom is -0.248 e. The van der Waals surface area contributed by atoms with Crippen LogP contribution in [0.4, 0.5) is 0 Å². The molecule has 0 atom stereocenters. The lowest BCUT2D eigenvalue weighted by atomic mass is 9.67. The number of aromatic nitrogens is 1. The Hall–Kier alpha value is -2.15. The van der Waals surface area contributed by atoms with Crippen LogP contribution in [0.25, 0.3) is 22.2 Å². The summed E-state index contributed by atoms with van der Waals surface area (Å²) in [7, 11) is 0. The number of benzene rings is 2. The van der Waals surface area contributed by atoms with Crippen LogP contribution in [-0.2, 0) is 0 Å². The predicted octanol–water partition coefficient (Wildman–Crippen LogP) is 6.27. The standard InChI is InChI=1S/C23H23N/c1-14-9-15(2)11-19(10-14)22-8-7-18-12-20-16-3-5-17(6-4-16)21(20)13-23(18)24-22/h7-13,16-17H,3-6H2,1-2H3. The van der Waals surface area contributed by atoms with Crippen LogP contribution < -0.4 is 0 Å². The molecule has 24 heavy (non-hydrogen) atoms. The van der Waals surface area contributed by atoms with Gasteiger partial charge < -0.3 is 0 Å². The van der Waals surface area contributed by atoms with Gasteiger partial charge in [0.15, 0.2) is 0 Å². The van der Waals surface area contributed by atoms with Gasteiger partial charge in [0.2, 0.25) is 0 Å². The highest BCUT2D eigenvalue weighted by atomic mass is 14.7. The highest BCUT2D eigenvalue weighted by Crippen LogP contribution is 2.50. The number of nitrogens with zero attached hydrogens (tertiary/aromatic N) is 1. The molecular formula is C23H23N. The average Bonchev–Trinajstić information content (AvgIpc) is 2.60. The molecule has 0 unspecified atom stereocenters. The van der Waals surface area contributed by atoms with Crippen molar-refractivity contribution < 1.29 is 0 Å². The van der Waals surface area contributed by atoms with Crippen molar-refractivity contribution in [3.05, 3.63) is 64.7 Å². The molecule has 120 valence electrons. The van der Waals surface area contributed by atoms with Crippen molar-refractivity contribution >= 4 is 10.9 Å². The van der Waals surface area contributed by atoms with Crippen molar-refractivity contribution in [2.75, 3.05) is 0 Å². The van der Waals surface area contributed by atoms with Gasteiger partial charge in [-0.3, -0.25) is 0 Å². The first-order valence-electron chi connectivity index (χ1n) is 9.20. The molecule has 0 spiro atoms. The number of hydrogen-bond donors (Lipinski definition) is 0. The largest absolute Gasteiger partial charge is 0.248 e. The molecule has 1 aromatic heterocycles. The number of fused-ring (bicyclic) bond motifs is 3. The van der Waals surface area contributed by atoms with Crippen molar-refractivity contribution in [3.8, 4) is 11.3 Å². The third-order valence-electron chi connectivity index (χ3n) is 6.02. The number of rotatable bonds is 1. The van der Waals surface area contributed by atoms with E-state index in [1.165, 1.54) is 47.8 Å². The average molecular weight is 313 g/mol. The third-order valence-corrected chi connectivity index (χ3v) is 6.02. The van der Waals surface area contributed by atoms with E-state index in [0.29, 0.717) is 0 Å². The van der Waals surface area contributed by atoms with Crippen LogP contribution in [0, 0.1) is 13.8 Å². The van der Waals surface area contributed by atoms with E-state index in [4.69, 9.17) is 4.98 Å². The molecule has 3 aliphatic carbocycles. The van der Waals surface area contributed by atoms with E-state index in [1.807, 2.05) is 0 Å². The molecule has 1 fully saturated rings. The van der Waals surface area contributed by atoms with E-state index in [2.05, 4.69) is 56.3 Å². The summed E-state index contributed by atoms with van der Waals surface area (Å²) < 4.78 is 0. The number of hydrogen-bond acceptors (Lipinski definition) is 1. The topological polar surface area (TPSA) is 12.9 Å². The fourth-order valence-electron chi connectivity index (χ4n) is 4.91. The molecule has 1 heteroatoms. The molecule has 0 radical (unpaired) electrons. The molecule has 0 aliphatic heterocycles. The Balaban J connectivity index is 1.67. The second kappa shape index (κ2) is 5.17. The third kappa shape index (κ3) is 2.18. The van der Waals surface area contributed by atoms with Gasteiger partial charge in [-0.2, -0.15) is 0 Å². The predicted molar refractivity (Wildman–Crippen MR) is 101 cm³/mol. The van der Waals surface area contributed by atoms with Crippen molar-refractivity contribution in [2.45, 2.75) is 51.4 Å². The Morgan fingerprint density at radius 1 is 0.750 bits per heavy atom. The summed E-state index contributed by atoms with van der Waals surface area (Å²) in [6.07, 6.45) is 5.52. The summed E-state index contributed by atoms with van der Waals surface area (Å²) in [5, 5.41) is 1.30. The van der Waals surface area contributed by atoms with Gasteiger partial charge in [-0.1, -0.05) is 23.3 Å². The van der Waals surface area contributed by atoms with E-state index in [0.717, 1.165) is 23.0 Å². The SMILES string of the molecule is Cc1cc(C)cc(-c2ccc3cc4c(cc3n2)C2CCC4CC2)c1. The second-order valence-corrected chi connectivity index (χ2v) is 7.80. The summed E-state index contributed by atoms with van der Waals surface area (Å²) in [6.45, 7) is 4.31. The van der Waals surface area contributed by atoms with E-state index >= 15 is 0 Å². The van der Waals surface area contributed by atoms with E-state index < -0.39 is 0 Å². The van der Waals surface area contributed by atoms with Crippen molar-refractivity contribution in [1.29, 1.82) is 0 Å². The summed E-state index contributed by atoms with van der Waals surface area (Å²) >= 11 is 0. The molecule has 0 N–H and O–H groups in total. The van der Waals surface area contributed by atoms with Gasteiger partial charge in [0.1, 0.15) is 0 Å². The van der Waals surface area contributed by atoms with Gasteiger partial charge in [-0.25, -0.2) is 4.98 Å². The lowest BCUT2D eigenvalue weighted by molar-refractivity contribution is 0.359. The van der Waals surface area contributed by atoms with Gasteiger partial charge in [0.05, 0.1) is 11.2 Å². The van der Waals surface area contributed by atoms with Crippen LogP contribution in [0.15, 0.2) is 42.5 Å². The minimum atomic E-state index is 0.779. The lowest BCUT2D eigenvalue weighted by Gasteiger charge is -2.38. The van der Waals surface area contributed by atoms with E-state index in [1.54, 1.807) is 11.1 Å². The van der Waals surface area contributed by atoms with Crippen molar-refractivity contribution in [2.24, 2.45) is 0 Å². The van der Waals surface area contributed by atoms with E-state index in [-0.39, 0.29) is 0 Å². The van der Waals surface area contributed by atoms with Crippen LogP contribution in [0.2, 0.25) is 0 Å². The maximum Gasteiger partial charge on any atom is 0.0712 e. The first-order chi connectivity index (χ1) is 11.7. The Morgan fingerprint density at radius 2 is 1.38 bits per heavy atom. The van der Waals surface area contributed by atoms with Gasteiger partial charge in [-0.15, -0.1) is 0 Å². The normalized spacial score (nSPS) is 21.9. The van der Waals surface area contributed by atoms with Crippen molar-refractivity contribution in [1.82, 2.24) is 4.98 Å². The molecule has 0 saturated heterocycles. The monoisotopic (exact) mass is 313 g/mol. The zero-order valence-electron chi connectivity index (χ0n) is 14.5. The molecular weight excluding hydrogens is 290 g/mol. The fraction of sp³-hybridized carbons (Fsp3) is 0.348. The lowest BCUT2D eigenvalue weighted by Crippen LogP contribution is -2.21. The van der Waals surface area contributed by atoms with Gasteiger partial charge in [-0.05, 0) is 92.8 Å². The Kier molecular flexibility index (Phi) is 3.06. The first kappa shape index (κ1) is 14.2. The maximum absolute atomic E-state index is 5.02. The van der Waals surface area contributed by atoms with Crippen LogP contribution >= 0.6 is 0 Å². The smallest absolute Gasteiger partial charge is 0.0712 e. The Labute approximate surface area is 143 Å². The molecule has 1 nitrogen and oxygen atoms in total. The molecule has 6 rings (SSSR count). The maximum atomic E-state index is 5.02. The van der Waals surface area contributed by atoms with Gasteiger partial charge in [0.25, 0.3) is 0 Å². The van der Waals surface area contributed by atoms with Crippen molar-refractivity contribution in [3.63, 3.8) is 0 Å². The molecule has 2 aromatic carbocycles. The quantitative estimate of drug-likeness (QED) is 0.515. The van der Waals surface area contributed by atoms with E-state index in [9.17, 15) is 0 Å².